The number of methoxy groups -OCH3 is 1. The third-order valence-electron chi connectivity index (χ3n) is 5.96. The first-order chi connectivity index (χ1) is 14.2. The second-order valence-electron chi connectivity index (χ2n) is 9.52. The second kappa shape index (κ2) is 8.83. The molecule has 1 heterocycles. The maximum Gasteiger partial charge on any atom is 0.162 e. The highest BCUT2D eigenvalue weighted by Gasteiger charge is 2.47. The Balaban J connectivity index is 1.94. The minimum atomic E-state index is -0.600. The highest BCUT2D eigenvalue weighted by Crippen LogP contribution is 2.47. The molecule has 0 bridgehead atoms. The summed E-state index contributed by atoms with van der Waals surface area (Å²) in [6.07, 6.45) is 1.06. The van der Waals surface area contributed by atoms with E-state index in [1.165, 1.54) is 5.56 Å². The fourth-order valence-corrected chi connectivity index (χ4v) is 4.46. The van der Waals surface area contributed by atoms with Crippen LogP contribution in [0.4, 0.5) is 0 Å². The molecule has 1 saturated heterocycles. The van der Waals surface area contributed by atoms with E-state index >= 15 is 0 Å². The van der Waals surface area contributed by atoms with Gasteiger partial charge >= 0.3 is 0 Å². The van der Waals surface area contributed by atoms with E-state index in [1.807, 2.05) is 32.9 Å². The monoisotopic (exact) mass is 409 g/mol. The van der Waals surface area contributed by atoms with Gasteiger partial charge in [0, 0.05) is 31.0 Å². The summed E-state index contributed by atoms with van der Waals surface area (Å²) in [5.74, 6) is 1.60. The number of benzene rings is 2. The molecule has 1 N–H and O–H groups in total. The first-order valence-electron chi connectivity index (χ1n) is 10.6. The van der Waals surface area contributed by atoms with Crippen LogP contribution in [0.3, 0.4) is 0 Å². The van der Waals surface area contributed by atoms with Gasteiger partial charge < -0.3 is 14.6 Å². The van der Waals surface area contributed by atoms with Gasteiger partial charge in [0.25, 0.3) is 0 Å². The van der Waals surface area contributed by atoms with Gasteiger partial charge in [-0.1, -0.05) is 49.4 Å². The van der Waals surface area contributed by atoms with Crippen molar-refractivity contribution in [2.75, 3.05) is 20.2 Å². The molecule has 3 rings (SSSR count). The number of likely N-dealkylation sites (tertiary alicyclic amines) is 1. The molecule has 3 atom stereocenters. The Kier molecular flexibility index (Phi) is 6.59. The van der Waals surface area contributed by atoms with Crippen LogP contribution in [0, 0.1) is 5.41 Å². The van der Waals surface area contributed by atoms with Gasteiger partial charge in [-0.15, -0.1) is 6.58 Å². The molecule has 2 aromatic carbocycles. The summed E-state index contributed by atoms with van der Waals surface area (Å²) in [6, 6.07) is 16.6. The lowest BCUT2D eigenvalue weighted by atomic mass is 9.72. The zero-order valence-corrected chi connectivity index (χ0v) is 18.9. The van der Waals surface area contributed by atoms with Crippen LogP contribution < -0.4 is 9.47 Å². The van der Waals surface area contributed by atoms with Gasteiger partial charge in [0.1, 0.15) is 5.60 Å². The van der Waals surface area contributed by atoms with Crippen molar-refractivity contribution >= 4 is 0 Å². The van der Waals surface area contributed by atoms with Crippen molar-refractivity contribution in [3.05, 3.63) is 72.3 Å². The number of rotatable bonds is 7. The summed E-state index contributed by atoms with van der Waals surface area (Å²) < 4.78 is 11.7. The molecule has 30 heavy (non-hydrogen) atoms. The highest BCUT2D eigenvalue weighted by molar-refractivity contribution is 5.45. The number of aliphatic hydroxyl groups is 1. The zero-order chi connectivity index (χ0) is 21.9. The fourth-order valence-electron chi connectivity index (χ4n) is 4.46. The molecule has 0 saturated carbocycles. The minimum Gasteiger partial charge on any atom is -0.493 e. The summed E-state index contributed by atoms with van der Waals surface area (Å²) in [7, 11) is 1.66. The van der Waals surface area contributed by atoms with Gasteiger partial charge in [0.2, 0.25) is 0 Å². The highest BCUT2D eigenvalue weighted by atomic mass is 16.5. The quantitative estimate of drug-likeness (QED) is 0.652. The van der Waals surface area contributed by atoms with Gasteiger partial charge in [-0.3, -0.25) is 4.90 Å². The normalized spacial score (nSPS) is 23.2. The molecule has 1 aliphatic rings. The number of ether oxygens (including phenoxy) is 2. The summed E-state index contributed by atoms with van der Waals surface area (Å²) >= 11 is 0. The van der Waals surface area contributed by atoms with Crippen molar-refractivity contribution in [3.63, 3.8) is 0 Å². The molecule has 4 nitrogen and oxygen atoms in total. The molecule has 0 unspecified atom stereocenters. The third kappa shape index (κ3) is 4.88. The molecule has 1 aliphatic heterocycles. The smallest absolute Gasteiger partial charge is 0.162 e. The molecule has 2 aromatic rings. The number of hydrogen-bond donors (Lipinski definition) is 1. The molecule has 162 valence electrons. The number of nitrogens with zero attached hydrogens (tertiary/aromatic N) is 1. The average molecular weight is 410 g/mol. The van der Waals surface area contributed by atoms with Gasteiger partial charge in [-0.25, -0.2) is 0 Å². The first-order valence-corrected chi connectivity index (χ1v) is 10.6. The molecule has 0 spiro atoms. The summed E-state index contributed by atoms with van der Waals surface area (Å²) in [4.78, 5) is 2.42. The van der Waals surface area contributed by atoms with E-state index in [9.17, 15) is 5.11 Å². The summed E-state index contributed by atoms with van der Waals surface area (Å²) in [6.45, 7) is 14.6. The molecule has 4 heteroatoms. The Morgan fingerprint density at radius 3 is 2.50 bits per heavy atom. The van der Waals surface area contributed by atoms with E-state index in [4.69, 9.17) is 9.47 Å². The topological polar surface area (TPSA) is 41.9 Å². The standard InChI is InChI=1S/C26H35NO3/c1-7-24(28)26(5)18-27(16-19-11-9-8-10-12-19)17-21(26)20-13-14-22(29-6)23(15-20)30-25(2,3)4/h7-15,21,24,28H,1,16-18H2,2-6H3/t21-,24+,26+/m0/s1. The van der Waals surface area contributed by atoms with Crippen molar-refractivity contribution in [2.24, 2.45) is 5.41 Å². The fraction of sp³-hybridized carbons (Fsp3) is 0.462. The molecule has 0 amide bonds. The molecule has 0 aromatic heterocycles. The maximum atomic E-state index is 10.9. The van der Waals surface area contributed by atoms with Crippen molar-refractivity contribution in [2.45, 2.75) is 51.9 Å². The van der Waals surface area contributed by atoms with Crippen molar-refractivity contribution in [1.29, 1.82) is 0 Å². The van der Waals surface area contributed by atoms with Crippen LogP contribution in [0.1, 0.15) is 44.7 Å². The molecule has 1 fully saturated rings. The van der Waals surface area contributed by atoms with Crippen molar-refractivity contribution in [1.82, 2.24) is 4.90 Å². The van der Waals surface area contributed by atoms with E-state index in [-0.39, 0.29) is 16.9 Å². The lowest BCUT2D eigenvalue weighted by Gasteiger charge is -2.35. The molecule has 0 aliphatic carbocycles. The van der Waals surface area contributed by atoms with Gasteiger partial charge in [-0.2, -0.15) is 0 Å². The van der Waals surface area contributed by atoms with Crippen molar-refractivity contribution in [3.8, 4) is 11.5 Å². The molecular formula is C26H35NO3. The lowest BCUT2D eigenvalue weighted by molar-refractivity contribution is 0.0699. The first kappa shape index (κ1) is 22.4. The Morgan fingerprint density at radius 1 is 1.20 bits per heavy atom. The van der Waals surface area contributed by atoms with E-state index in [0.717, 1.165) is 36.7 Å². The van der Waals surface area contributed by atoms with Crippen LogP contribution >= 0.6 is 0 Å². The average Bonchev–Trinajstić information content (AvgIpc) is 3.04. The van der Waals surface area contributed by atoms with Crippen LogP contribution in [0.25, 0.3) is 0 Å². The Labute approximate surface area is 181 Å². The predicted octanol–water partition coefficient (Wildman–Crippen LogP) is 5.03. The predicted molar refractivity (Wildman–Crippen MR) is 122 cm³/mol. The van der Waals surface area contributed by atoms with Crippen molar-refractivity contribution < 1.29 is 14.6 Å². The Morgan fingerprint density at radius 2 is 1.90 bits per heavy atom. The summed E-state index contributed by atoms with van der Waals surface area (Å²) in [5, 5.41) is 10.9. The van der Waals surface area contributed by atoms with Crippen LogP contribution in [0.15, 0.2) is 61.2 Å². The van der Waals surface area contributed by atoms with E-state index in [1.54, 1.807) is 13.2 Å². The van der Waals surface area contributed by atoms with Gasteiger partial charge in [0.15, 0.2) is 11.5 Å². The molecular weight excluding hydrogens is 374 g/mol. The largest absolute Gasteiger partial charge is 0.493 e. The number of hydrogen-bond acceptors (Lipinski definition) is 4. The van der Waals surface area contributed by atoms with Gasteiger partial charge in [0.05, 0.1) is 13.2 Å². The second-order valence-corrected chi connectivity index (χ2v) is 9.52. The van der Waals surface area contributed by atoms with Crippen LogP contribution in [0.5, 0.6) is 11.5 Å². The van der Waals surface area contributed by atoms with E-state index in [2.05, 4.69) is 54.8 Å². The third-order valence-corrected chi connectivity index (χ3v) is 5.96. The van der Waals surface area contributed by atoms with Crippen LogP contribution in [-0.2, 0) is 6.54 Å². The van der Waals surface area contributed by atoms with Crippen LogP contribution in [-0.4, -0.2) is 41.9 Å². The van der Waals surface area contributed by atoms with Gasteiger partial charge in [-0.05, 0) is 44.0 Å². The lowest BCUT2D eigenvalue weighted by Crippen LogP contribution is -2.37. The molecule has 0 radical (unpaired) electrons. The number of aliphatic hydroxyl groups excluding tert-OH is 1. The summed E-state index contributed by atoms with van der Waals surface area (Å²) in [5.41, 5.74) is 1.75. The Bertz CT molecular complexity index is 858. The zero-order valence-electron chi connectivity index (χ0n) is 18.9. The van der Waals surface area contributed by atoms with E-state index < -0.39 is 6.10 Å². The minimum absolute atomic E-state index is 0.141. The SMILES string of the molecule is C=C[C@@H](O)[C@]1(C)CN(Cc2ccccc2)C[C@H]1c1ccc(OC)c(OC(C)(C)C)c1. The van der Waals surface area contributed by atoms with E-state index in [0.29, 0.717) is 0 Å². The van der Waals surface area contributed by atoms with Crippen LogP contribution in [0.2, 0.25) is 0 Å². The Hall–Kier alpha value is -2.30. The maximum absolute atomic E-state index is 10.9.